The first-order valence-corrected chi connectivity index (χ1v) is 8.40. The van der Waals surface area contributed by atoms with Gasteiger partial charge in [-0.05, 0) is 50.0 Å². The van der Waals surface area contributed by atoms with E-state index in [1.165, 1.54) is 0 Å². The van der Waals surface area contributed by atoms with Gasteiger partial charge in [-0.25, -0.2) is 0 Å². The zero-order valence-electron chi connectivity index (χ0n) is 14.8. The lowest BCUT2D eigenvalue weighted by Gasteiger charge is -2.34. The molecule has 1 aromatic carbocycles. The van der Waals surface area contributed by atoms with Gasteiger partial charge in [0, 0.05) is 12.6 Å². The summed E-state index contributed by atoms with van der Waals surface area (Å²) in [5.41, 5.74) is 0.961. The molecule has 24 heavy (non-hydrogen) atoms. The van der Waals surface area contributed by atoms with E-state index in [-0.39, 0.29) is 18.3 Å². The van der Waals surface area contributed by atoms with E-state index in [9.17, 15) is 4.79 Å². The molecule has 1 aliphatic rings. The number of halogens is 1. The fourth-order valence-corrected chi connectivity index (χ4v) is 3.14. The lowest BCUT2D eigenvalue weighted by Crippen LogP contribution is -2.47. The Kier molecular flexibility index (Phi) is 8.93. The van der Waals surface area contributed by atoms with Crippen LogP contribution in [0.5, 0.6) is 11.5 Å². The van der Waals surface area contributed by atoms with Gasteiger partial charge in [-0.1, -0.05) is 13.0 Å². The van der Waals surface area contributed by atoms with Gasteiger partial charge in [0.05, 0.1) is 20.6 Å². The smallest absolute Gasteiger partial charge is 0.227 e. The van der Waals surface area contributed by atoms with E-state index in [0.717, 1.165) is 44.5 Å². The Hall–Kier alpha value is -1.46. The topological polar surface area (TPSA) is 50.8 Å². The van der Waals surface area contributed by atoms with Crippen LogP contribution in [0.25, 0.3) is 0 Å². The van der Waals surface area contributed by atoms with Crippen molar-refractivity contribution >= 4 is 18.3 Å². The highest BCUT2D eigenvalue weighted by molar-refractivity contribution is 5.85. The maximum absolute atomic E-state index is 12.8. The second-order valence-electron chi connectivity index (χ2n) is 5.93. The molecule has 0 radical (unpaired) electrons. The Balaban J connectivity index is 0.00000288. The zero-order valence-corrected chi connectivity index (χ0v) is 15.7. The molecule has 1 amide bonds. The van der Waals surface area contributed by atoms with Crippen LogP contribution < -0.4 is 14.8 Å². The van der Waals surface area contributed by atoms with Crippen LogP contribution >= 0.6 is 12.4 Å². The number of methoxy groups -OCH3 is 2. The first kappa shape index (κ1) is 20.6. The summed E-state index contributed by atoms with van der Waals surface area (Å²) in [6.45, 7) is 4.94. The number of hydrogen-bond acceptors (Lipinski definition) is 4. The van der Waals surface area contributed by atoms with Crippen LogP contribution in [-0.4, -0.2) is 50.7 Å². The van der Waals surface area contributed by atoms with Crippen molar-refractivity contribution in [2.75, 3.05) is 33.9 Å². The van der Waals surface area contributed by atoms with E-state index in [2.05, 4.69) is 17.1 Å². The number of nitrogens with zero attached hydrogens (tertiary/aromatic N) is 1. The monoisotopic (exact) mass is 356 g/mol. The molecular weight excluding hydrogens is 328 g/mol. The number of carbonyl (C=O) groups is 1. The largest absolute Gasteiger partial charge is 0.493 e. The van der Waals surface area contributed by atoms with E-state index in [4.69, 9.17) is 9.47 Å². The van der Waals surface area contributed by atoms with Crippen molar-refractivity contribution in [2.24, 2.45) is 0 Å². The highest BCUT2D eigenvalue weighted by Crippen LogP contribution is 2.28. The third-order valence-corrected chi connectivity index (χ3v) is 4.34. The standard InChI is InChI=1S/C18H28N2O3.ClH/c1-4-11-20(15-7-9-19-10-8-15)18(21)13-14-5-6-16(22-2)17(12-14)23-3;/h5-6,12,15,19H,4,7-11,13H2,1-3H3;1H. The van der Waals surface area contributed by atoms with E-state index in [0.29, 0.717) is 24.0 Å². The lowest BCUT2D eigenvalue weighted by molar-refractivity contribution is -0.133. The number of carbonyl (C=O) groups excluding carboxylic acids is 1. The fraction of sp³-hybridized carbons (Fsp3) is 0.611. The van der Waals surface area contributed by atoms with E-state index in [1.54, 1.807) is 14.2 Å². The van der Waals surface area contributed by atoms with Crippen molar-refractivity contribution < 1.29 is 14.3 Å². The molecule has 1 N–H and O–H groups in total. The van der Waals surface area contributed by atoms with Gasteiger partial charge >= 0.3 is 0 Å². The molecule has 0 spiro atoms. The highest BCUT2D eigenvalue weighted by atomic mass is 35.5. The molecule has 0 saturated carbocycles. The maximum atomic E-state index is 12.8. The highest BCUT2D eigenvalue weighted by Gasteiger charge is 2.24. The second kappa shape index (κ2) is 10.4. The summed E-state index contributed by atoms with van der Waals surface area (Å²) in [6.07, 6.45) is 3.47. The minimum Gasteiger partial charge on any atom is -0.493 e. The lowest BCUT2D eigenvalue weighted by atomic mass is 10.0. The van der Waals surface area contributed by atoms with Crippen molar-refractivity contribution in [1.82, 2.24) is 10.2 Å². The van der Waals surface area contributed by atoms with Gasteiger partial charge < -0.3 is 19.7 Å². The molecular formula is C18H29ClN2O3. The van der Waals surface area contributed by atoms with Gasteiger partial charge in [-0.15, -0.1) is 12.4 Å². The molecule has 0 atom stereocenters. The number of benzene rings is 1. The van der Waals surface area contributed by atoms with Crippen LogP contribution in [0, 0.1) is 0 Å². The molecule has 0 aromatic heterocycles. The Bertz CT molecular complexity index is 519. The van der Waals surface area contributed by atoms with Gasteiger partial charge in [0.1, 0.15) is 0 Å². The predicted octanol–water partition coefficient (Wildman–Crippen LogP) is 2.66. The van der Waals surface area contributed by atoms with Crippen LogP contribution in [-0.2, 0) is 11.2 Å². The van der Waals surface area contributed by atoms with Crippen LogP contribution in [0.2, 0.25) is 0 Å². The summed E-state index contributed by atoms with van der Waals surface area (Å²) in [5, 5.41) is 3.36. The molecule has 1 aromatic rings. The Morgan fingerprint density at radius 2 is 1.88 bits per heavy atom. The number of hydrogen-bond donors (Lipinski definition) is 1. The van der Waals surface area contributed by atoms with E-state index >= 15 is 0 Å². The fourth-order valence-electron chi connectivity index (χ4n) is 3.14. The molecule has 5 nitrogen and oxygen atoms in total. The summed E-state index contributed by atoms with van der Waals surface area (Å²) in [7, 11) is 3.23. The Labute approximate surface area is 151 Å². The average molecular weight is 357 g/mol. The molecule has 0 bridgehead atoms. The van der Waals surface area contributed by atoms with Gasteiger partial charge in [0.25, 0.3) is 0 Å². The molecule has 0 unspecified atom stereocenters. The minimum absolute atomic E-state index is 0. The SMILES string of the molecule is CCCN(C(=O)Cc1ccc(OC)c(OC)c1)C1CCNCC1.Cl. The molecule has 1 heterocycles. The molecule has 1 fully saturated rings. The summed E-state index contributed by atoms with van der Waals surface area (Å²) in [5.74, 6) is 1.56. The summed E-state index contributed by atoms with van der Waals surface area (Å²) >= 11 is 0. The van der Waals surface area contributed by atoms with Gasteiger partial charge in [0.15, 0.2) is 11.5 Å². The van der Waals surface area contributed by atoms with Crippen molar-refractivity contribution in [3.05, 3.63) is 23.8 Å². The molecule has 1 aliphatic heterocycles. The summed E-state index contributed by atoms with van der Waals surface area (Å²) in [4.78, 5) is 14.9. The number of ether oxygens (including phenoxy) is 2. The first-order chi connectivity index (χ1) is 11.2. The predicted molar refractivity (Wildman–Crippen MR) is 98.4 cm³/mol. The summed E-state index contributed by atoms with van der Waals surface area (Å²) in [6, 6.07) is 6.05. The van der Waals surface area contributed by atoms with Gasteiger partial charge in [-0.3, -0.25) is 4.79 Å². The number of rotatable bonds is 7. The minimum atomic E-state index is 0. The van der Waals surface area contributed by atoms with Crippen LogP contribution in [0.4, 0.5) is 0 Å². The van der Waals surface area contributed by atoms with Crippen molar-refractivity contribution in [3.63, 3.8) is 0 Å². The van der Waals surface area contributed by atoms with Crippen molar-refractivity contribution in [1.29, 1.82) is 0 Å². The maximum Gasteiger partial charge on any atom is 0.227 e. The van der Waals surface area contributed by atoms with Crippen LogP contribution in [0.15, 0.2) is 18.2 Å². The third kappa shape index (κ3) is 5.28. The second-order valence-corrected chi connectivity index (χ2v) is 5.93. The molecule has 6 heteroatoms. The normalized spacial score (nSPS) is 14.6. The number of amides is 1. The van der Waals surface area contributed by atoms with Crippen molar-refractivity contribution in [2.45, 2.75) is 38.6 Å². The first-order valence-electron chi connectivity index (χ1n) is 8.40. The Morgan fingerprint density at radius 3 is 2.46 bits per heavy atom. The zero-order chi connectivity index (χ0) is 16.7. The molecule has 0 aliphatic carbocycles. The Morgan fingerprint density at radius 1 is 1.21 bits per heavy atom. The van der Waals surface area contributed by atoms with Gasteiger partial charge in [0.2, 0.25) is 5.91 Å². The number of piperidine rings is 1. The molecule has 2 rings (SSSR count). The third-order valence-electron chi connectivity index (χ3n) is 4.34. The van der Waals surface area contributed by atoms with E-state index in [1.807, 2.05) is 18.2 Å². The summed E-state index contributed by atoms with van der Waals surface area (Å²) < 4.78 is 10.6. The quantitative estimate of drug-likeness (QED) is 0.816. The molecule has 1 saturated heterocycles. The van der Waals surface area contributed by atoms with Crippen LogP contribution in [0.1, 0.15) is 31.7 Å². The number of nitrogens with one attached hydrogen (secondary N) is 1. The van der Waals surface area contributed by atoms with Crippen molar-refractivity contribution in [3.8, 4) is 11.5 Å². The van der Waals surface area contributed by atoms with Crippen LogP contribution in [0.3, 0.4) is 0 Å². The molecule has 136 valence electrons. The van der Waals surface area contributed by atoms with Gasteiger partial charge in [-0.2, -0.15) is 0 Å². The average Bonchev–Trinajstić information content (AvgIpc) is 2.60. The van der Waals surface area contributed by atoms with E-state index < -0.39 is 0 Å².